The lowest BCUT2D eigenvalue weighted by atomic mass is 9.46. The molecule has 5 aliphatic rings. The first-order valence-corrected chi connectivity index (χ1v) is 7.41. The van der Waals surface area contributed by atoms with Crippen LogP contribution in [0.15, 0.2) is 0 Å². The first-order valence-electron chi connectivity index (χ1n) is 7.41. The molecule has 0 radical (unpaired) electrons. The summed E-state index contributed by atoms with van der Waals surface area (Å²) in [6.07, 6.45) is 9.72. The zero-order valence-electron chi connectivity index (χ0n) is 10.8. The van der Waals surface area contributed by atoms with Crippen LogP contribution in [0.2, 0.25) is 0 Å². The van der Waals surface area contributed by atoms with Gasteiger partial charge in [-0.15, -0.1) is 0 Å². The summed E-state index contributed by atoms with van der Waals surface area (Å²) in [5.74, 6) is 3.77. The summed E-state index contributed by atoms with van der Waals surface area (Å²) in [7, 11) is 1.99. The highest BCUT2D eigenvalue weighted by Gasteiger charge is 2.57. The van der Waals surface area contributed by atoms with Crippen molar-refractivity contribution in [3.05, 3.63) is 0 Å². The van der Waals surface area contributed by atoms with Crippen molar-refractivity contribution in [2.45, 2.75) is 44.9 Å². The summed E-state index contributed by atoms with van der Waals surface area (Å²) < 4.78 is 0. The van der Waals surface area contributed by atoms with Gasteiger partial charge in [0.05, 0.1) is 0 Å². The maximum Gasteiger partial charge on any atom is 0.226 e. The van der Waals surface area contributed by atoms with Crippen molar-refractivity contribution in [3.8, 4) is 0 Å². The number of carbonyl (C=O) groups excluding carboxylic acids is 1. The minimum Gasteiger partial charge on any atom is -0.345 e. The van der Waals surface area contributed by atoms with E-state index in [1.165, 1.54) is 38.5 Å². The largest absolute Gasteiger partial charge is 0.345 e. The van der Waals surface area contributed by atoms with E-state index in [0.717, 1.165) is 30.7 Å². The standard InChI is InChI=1S/C15H23NO/c1-16-3-2-13(14(16)17)15-7-10-4-11(8-15)6-12(5-10)9-15/h10-13H,2-9H2,1H3/t10?,11?,12?,13-,15?/m0/s1. The third-order valence-electron chi connectivity index (χ3n) is 6.25. The van der Waals surface area contributed by atoms with Crippen molar-refractivity contribution < 1.29 is 4.79 Å². The Balaban J connectivity index is 1.66. The van der Waals surface area contributed by atoms with Crippen LogP contribution in [-0.2, 0) is 4.79 Å². The normalized spacial score (nSPS) is 52.5. The van der Waals surface area contributed by atoms with Crippen molar-refractivity contribution in [1.29, 1.82) is 0 Å². The Hall–Kier alpha value is -0.530. The number of hydrogen-bond acceptors (Lipinski definition) is 1. The van der Waals surface area contributed by atoms with E-state index in [0.29, 0.717) is 17.2 Å². The molecular formula is C15H23NO. The van der Waals surface area contributed by atoms with Crippen LogP contribution >= 0.6 is 0 Å². The van der Waals surface area contributed by atoms with Gasteiger partial charge in [0.2, 0.25) is 5.91 Å². The quantitative estimate of drug-likeness (QED) is 0.682. The zero-order valence-corrected chi connectivity index (χ0v) is 10.8. The Morgan fingerprint density at radius 2 is 1.59 bits per heavy atom. The number of rotatable bonds is 1. The first-order chi connectivity index (χ1) is 8.16. The Morgan fingerprint density at radius 1 is 1.06 bits per heavy atom. The maximum absolute atomic E-state index is 12.3. The van der Waals surface area contributed by atoms with E-state index in [1.54, 1.807) is 0 Å². The second-order valence-electron chi connectivity index (χ2n) is 7.38. The van der Waals surface area contributed by atoms with Crippen LogP contribution in [0.5, 0.6) is 0 Å². The van der Waals surface area contributed by atoms with Crippen LogP contribution in [-0.4, -0.2) is 24.4 Å². The second kappa shape index (κ2) is 3.27. The zero-order chi connectivity index (χ0) is 11.6. The van der Waals surface area contributed by atoms with Gasteiger partial charge in [-0.3, -0.25) is 4.79 Å². The Bertz CT molecular complexity index is 327. The predicted molar refractivity (Wildman–Crippen MR) is 66.3 cm³/mol. The van der Waals surface area contributed by atoms with Gasteiger partial charge in [0.25, 0.3) is 0 Å². The van der Waals surface area contributed by atoms with Gasteiger partial charge in [-0.1, -0.05) is 0 Å². The molecule has 17 heavy (non-hydrogen) atoms. The Kier molecular flexibility index (Phi) is 2.00. The molecule has 4 bridgehead atoms. The van der Waals surface area contributed by atoms with Gasteiger partial charge in [-0.2, -0.15) is 0 Å². The SMILES string of the molecule is CN1CC[C@H](C23CC4CC(CC(C4)C2)C3)C1=O. The molecule has 1 atom stereocenters. The van der Waals surface area contributed by atoms with E-state index in [2.05, 4.69) is 0 Å². The van der Waals surface area contributed by atoms with Crippen LogP contribution in [0.25, 0.3) is 0 Å². The summed E-state index contributed by atoms with van der Waals surface area (Å²) in [5, 5.41) is 0. The molecule has 2 heteroatoms. The summed E-state index contributed by atoms with van der Waals surface area (Å²) >= 11 is 0. The highest BCUT2D eigenvalue weighted by molar-refractivity contribution is 5.81. The van der Waals surface area contributed by atoms with E-state index in [1.807, 2.05) is 11.9 Å². The molecule has 5 fully saturated rings. The lowest BCUT2D eigenvalue weighted by Gasteiger charge is -2.58. The smallest absolute Gasteiger partial charge is 0.226 e. The lowest BCUT2D eigenvalue weighted by molar-refractivity contribution is -0.143. The fourth-order valence-corrected chi connectivity index (χ4v) is 5.99. The molecule has 0 aromatic carbocycles. The Morgan fingerprint density at radius 3 is 2.00 bits per heavy atom. The monoisotopic (exact) mass is 233 g/mol. The van der Waals surface area contributed by atoms with Gasteiger partial charge in [-0.25, -0.2) is 0 Å². The van der Waals surface area contributed by atoms with Gasteiger partial charge < -0.3 is 4.90 Å². The molecule has 2 nitrogen and oxygen atoms in total. The molecule has 1 amide bonds. The van der Waals surface area contributed by atoms with E-state index >= 15 is 0 Å². The number of likely N-dealkylation sites (tertiary alicyclic amines) is 1. The molecule has 0 aromatic rings. The van der Waals surface area contributed by atoms with Crippen LogP contribution in [0.4, 0.5) is 0 Å². The number of nitrogens with zero attached hydrogens (tertiary/aromatic N) is 1. The molecule has 0 N–H and O–H groups in total. The van der Waals surface area contributed by atoms with Gasteiger partial charge in [0.1, 0.15) is 0 Å². The number of hydrogen-bond donors (Lipinski definition) is 0. The fraction of sp³-hybridized carbons (Fsp3) is 0.933. The van der Waals surface area contributed by atoms with Crippen molar-refractivity contribution in [2.24, 2.45) is 29.1 Å². The molecule has 1 saturated heterocycles. The molecule has 0 unspecified atom stereocenters. The van der Waals surface area contributed by atoms with E-state index < -0.39 is 0 Å². The minimum absolute atomic E-state index is 0.390. The Labute approximate surface area is 104 Å². The third kappa shape index (κ3) is 1.36. The molecule has 4 aliphatic carbocycles. The highest BCUT2D eigenvalue weighted by Crippen LogP contribution is 2.63. The van der Waals surface area contributed by atoms with Crippen molar-refractivity contribution in [1.82, 2.24) is 4.90 Å². The highest BCUT2D eigenvalue weighted by atomic mass is 16.2. The van der Waals surface area contributed by atoms with Crippen LogP contribution in [0, 0.1) is 29.1 Å². The van der Waals surface area contributed by atoms with E-state index in [4.69, 9.17) is 0 Å². The molecule has 1 aliphatic heterocycles. The topological polar surface area (TPSA) is 20.3 Å². The van der Waals surface area contributed by atoms with E-state index in [-0.39, 0.29) is 0 Å². The van der Waals surface area contributed by atoms with Gasteiger partial charge >= 0.3 is 0 Å². The van der Waals surface area contributed by atoms with Gasteiger partial charge in [-0.05, 0) is 68.1 Å². The fourth-order valence-electron chi connectivity index (χ4n) is 5.99. The molecule has 1 heterocycles. The average molecular weight is 233 g/mol. The molecule has 0 spiro atoms. The predicted octanol–water partition coefficient (Wildman–Crippen LogP) is 2.68. The summed E-state index contributed by atoms with van der Waals surface area (Å²) in [6, 6.07) is 0. The number of carbonyl (C=O) groups is 1. The summed E-state index contributed by atoms with van der Waals surface area (Å²) in [4.78, 5) is 14.3. The molecule has 4 saturated carbocycles. The van der Waals surface area contributed by atoms with Gasteiger partial charge in [0.15, 0.2) is 0 Å². The van der Waals surface area contributed by atoms with Crippen molar-refractivity contribution in [3.63, 3.8) is 0 Å². The molecular weight excluding hydrogens is 210 g/mol. The van der Waals surface area contributed by atoms with E-state index in [9.17, 15) is 4.79 Å². The first kappa shape index (κ1) is 10.4. The summed E-state index contributed by atoms with van der Waals surface area (Å²) in [5.41, 5.74) is 0.441. The third-order valence-corrected chi connectivity index (χ3v) is 6.25. The van der Waals surface area contributed by atoms with Gasteiger partial charge in [0, 0.05) is 19.5 Å². The van der Waals surface area contributed by atoms with Crippen molar-refractivity contribution in [2.75, 3.05) is 13.6 Å². The molecule has 5 rings (SSSR count). The van der Waals surface area contributed by atoms with Crippen molar-refractivity contribution >= 4 is 5.91 Å². The lowest BCUT2D eigenvalue weighted by Crippen LogP contribution is -2.51. The molecule has 94 valence electrons. The van der Waals surface area contributed by atoms with Crippen LogP contribution in [0.1, 0.15) is 44.9 Å². The maximum atomic E-state index is 12.3. The second-order valence-corrected chi connectivity index (χ2v) is 7.38. The number of amides is 1. The average Bonchev–Trinajstić information content (AvgIpc) is 2.58. The van der Waals surface area contributed by atoms with Crippen LogP contribution < -0.4 is 0 Å². The molecule has 0 aromatic heterocycles. The van der Waals surface area contributed by atoms with Crippen LogP contribution in [0.3, 0.4) is 0 Å². The minimum atomic E-state index is 0.390. The summed E-state index contributed by atoms with van der Waals surface area (Å²) in [6.45, 7) is 1.01.